The van der Waals surface area contributed by atoms with Crippen molar-refractivity contribution in [3.8, 4) is 11.5 Å². The number of carbonyl (C=O) groups is 2. The molecule has 0 aliphatic carbocycles. The molecule has 24 heavy (non-hydrogen) atoms. The summed E-state index contributed by atoms with van der Waals surface area (Å²) in [5, 5.41) is 0. The van der Waals surface area contributed by atoms with Crippen molar-refractivity contribution in [1.29, 1.82) is 0 Å². The Morgan fingerprint density at radius 1 is 0.625 bits per heavy atom. The fraction of sp³-hybridized carbons (Fsp3) is 0. The van der Waals surface area contributed by atoms with E-state index < -0.39 is 11.9 Å². The lowest BCUT2D eigenvalue weighted by molar-refractivity contribution is 0.0396. The molecule has 0 fully saturated rings. The molecule has 0 aromatic heterocycles. The summed E-state index contributed by atoms with van der Waals surface area (Å²) in [5.74, 6) is -0.535. The van der Waals surface area contributed by atoms with E-state index in [1.54, 1.807) is 66.7 Å². The average molecular weight is 318 g/mol. The minimum absolute atomic E-state index is 0.186. The summed E-state index contributed by atoms with van der Waals surface area (Å²) in [6, 6.07) is 24.1. The maximum Gasteiger partial charge on any atom is 0.349 e. The molecule has 0 spiro atoms. The van der Waals surface area contributed by atoms with Gasteiger partial charge in [-0.3, -0.25) is 0 Å². The van der Waals surface area contributed by atoms with Gasteiger partial charge in [0, 0.05) is 0 Å². The van der Waals surface area contributed by atoms with Crippen LogP contribution in [-0.2, 0) is 4.74 Å². The molecule has 0 atom stereocenters. The van der Waals surface area contributed by atoms with E-state index in [4.69, 9.17) is 9.47 Å². The van der Waals surface area contributed by atoms with Crippen molar-refractivity contribution in [2.24, 2.45) is 0 Å². The van der Waals surface area contributed by atoms with Gasteiger partial charge >= 0.3 is 11.9 Å². The summed E-state index contributed by atoms with van der Waals surface area (Å²) < 4.78 is 10.6. The highest BCUT2D eigenvalue weighted by Gasteiger charge is 2.18. The van der Waals surface area contributed by atoms with E-state index in [9.17, 15) is 9.59 Å². The van der Waals surface area contributed by atoms with Crippen LogP contribution in [0, 0.1) is 0 Å². The maximum atomic E-state index is 12.3. The largest absolute Gasteiger partial charge is 0.456 e. The van der Waals surface area contributed by atoms with Gasteiger partial charge in [-0.2, -0.15) is 0 Å². The second kappa shape index (κ2) is 7.24. The van der Waals surface area contributed by atoms with Crippen LogP contribution in [0.1, 0.15) is 20.7 Å². The van der Waals surface area contributed by atoms with Crippen LogP contribution in [0.5, 0.6) is 11.5 Å². The molecule has 0 amide bonds. The highest BCUT2D eigenvalue weighted by molar-refractivity contribution is 6.03. The van der Waals surface area contributed by atoms with Crippen LogP contribution in [0.2, 0.25) is 0 Å². The first-order valence-electron chi connectivity index (χ1n) is 7.37. The molecule has 4 nitrogen and oxygen atoms in total. The zero-order valence-electron chi connectivity index (χ0n) is 12.7. The number of hydrogen-bond acceptors (Lipinski definition) is 4. The molecule has 0 N–H and O–H groups in total. The third-order valence-corrected chi connectivity index (χ3v) is 3.27. The minimum Gasteiger partial charge on any atom is -0.456 e. The lowest BCUT2D eigenvalue weighted by Gasteiger charge is -2.10. The first-order chi connectivity index (χ1) is 11.7. The van der Waals surface area contributed by atoms with Crippen molar-refractivity contribution in [3.05, 3.63) is 96.1 Å². The van der Waals surface area contributed by atoms with E-state index in [0.29, 0.717) is 17.1 Å². The molecule has 0 aliphatic heterocycles. The Kier molecular flexibility index (Phi) is 4.68. The summed E-state index contributed by atoms with van der Waals surface area (Å²) in [7, 11) is 0. The number of hydrogen-bond donors (Lipinski definition) is 0. The van der Waals surface area contributed by atoms with Gasteiger partial charge in [-0.05, 0) is 36.4 Å². The van der Waals surface area contributed by atoms with Gasteiger partial charge in [0.15, 0.2) is 0 Å². The molecule has 0 aliphatic rings. The standard InChI is InChI=1S/C20H14O4/c21-19(15-9-3-1-4-10-15)24-20(22)17-13-7-8-14-18(17)23-16-11-5-2-6-12-16/h1-14H. The van der Waals surface area contributed by atoms with Crippen molar-refractivity contribution < 1.29 is 19.1 Å². The van der Waals surface area contributed by atoms with E-state index in [2.05, 4.69) is 0 Å². The first kappa shape index (κ1) is 15.5. The van der Waals surface area contributed by atoms with E-state index >= 15 is 0 Å². The third kappa shape index (κ3) is 3.67. The Morgan fingerprint density at radius 2 is 1.21 bits per heavy atom. The Hall–Kier alpha value is -3.40. The summed E-state index contributed by atoms with van der Waals surface area (Å²) in [4.78, 5) is 24.3. The molecular weight excluding hydrogens is 304 g/mol. The van der Waals surface area contributed by atoms with Crippen molar-refractivity contribution in [2.45, 2.75) is 0 Å². The molecule has 4 heteroatoms. The van der Waals surface area contributed by atoms with E-state index in [0.717, 1.165) is 0 Å². The number of rotatable bonds is 4. The quantitative estimate of drug-likeness (QED) is 0.526. The molecule has 0 heterocycles. The summed E-state index contributed by atoms with van der Waals surface area (Å²) in [6.45, 7) is 0. The second-order valence-electron chi connectivity index (χ2n) is 4.95. The summed E-state index contributed by atoms with van der Waals surface area (Å²) in [6.07, 6.45) is 0. The molecule has 0 bridgehead atoms. The van der Waals surface area contributed by atoms with E-state index in [-0.39, 0.29) is 5.56 Å². The minimum atomic E-state index is -0.754. The molecule has 3 aromatic carbocycles. The van der Waals surface area contributed by atoms with Gasteiger partial charge in [0.2, 0.25) is 0 Å². The Balaban J connectivity index is 1.79. The molecular formula is C20H14O4. The SMILES string of the molecule is O=C(OC(=O)c1ccccc1Oc1ccccc1)c1ccccc1. The van der Waals surface area contributed by atoms with Gasteiger partial charge in [-0.25, -0.2) is 9.59 Å². The maximum absolute atomic E-state index is 12.3. The van der Waals surface area contributed by atoms with Gasteiger partial charge in [-0.1, -0.05) is 48.5 Å². The highest BCUT2D eigenvalue weighted by atomic mass is 16.6. The van der Waals surface area contributed by atoms with Gasteiger partial charge in [0.05, 0.1) is 5.56 Å². The van der Waals surface area contributed by atoms with Crippen molar-refractivity contribution in [1.82, 2.24) is 0 Å². The molecule has 118 valence electrons. The lowest BCUT2D eigenvalue weighted by Crippen LogP contribution is -2.13. The van der Waals surface area contributed by atoms with Gasteiger partial charge in [0.25, 0.3) is 0 Å². The van der Waals surface area contributed by atoms with Crippen LogP contribution in [-0.4, -0.2) is 11.9 Å². The molecule has 3 aromatic rings. The van der Waals surface area contributed by atoms with Crippen LogP contribution in [0.25, 0.3) is 0 Å². The van der Waals surface area contributed by atoms with Crippen LogP contribution in [0.15, 0.2) is 84.9 Å². The predicted octanol–water partition coefficient (Wildman–Crippen LogP) is 4.48. The molecule has 0 radical (unpaired) electrons. The van der Waals surface area contributed by atoms with Crippen LogP contribution < -0.4 is 4.74 Å². The topological polar surface area (TPSA) is 52.6 Å². The average Bonchev–Trinajstić information content (AvgIpc) is 2.63. The van der Waals surface area contributed by atoms with Crippen molar-refractivity contribution >= 4 is 11.9 Å². The van der Waals surface area contributed by atoms with Crippen molar-refractivity contribution in [3.63, 3.8) is 0 Å². The molecule has 0 unspecified atom stereocenters. The van der Waals surface area contributed by atoms with Crippen molar-refractivity contribution in [2.75, 3.05) is 0 Å². The molecule has 0 saturated carbocycles. The number of ether oxygens (including phenoxy) is 2. The van der Waals surface area contributed by atoms with Gasteiger partial charge < -0.3 is 9.47 Å². The lowest BCUT2D eigenvalue weighted by atomic mass is 10.2. The molecule has 3 rings (SSSR count). The smallest absolute Gasteiger partial charge is 0.349 e. The van der Waals surface area contributed by atoms with E-state index in [1.807, 2.05) is 18.2 Å². The Labute approximate surface area is 139 Å². The first-order valence-corrected chi connectivity index (χ1v) is 7.37. The van der Waals surface area contributed by atoms with Gasteiger partial charge in [-0.15, -0.1) is 0 Å². The predicted molar refractivity (Wildman–Crippen MR) is 89.1 cm³/mol. The number of para-hydroxylation sites is 2. The van der Waals surface area contributed by atoms with Gasteiger partial charge in [0.1, 0.15) is 17.1 Å². The Morgan fingerprint density at radius 3 is 1.92 bits per heavy atom. The Bertz CT molecular complexity index is 842. The summed E-state index contributed by atoms with van der Waals surface area (Å²) in [5.41, 5.74) is 0.498. The number of carbonyl (C=O) groups excluding carboxylic acids is 2. The monoisotopic (exact) mass is 318 g/mol. The fourth-order valence-electron chi connectivity index (χ4n) is 2.11. The number of esters is 2. The summed E-state index contributed by atoms with van der Waals surface area (Å²) >= 11 is 0. The third-order valence-electron chi connectivity index (χ3n) is 3.27. The van der Waals surface area contributed by atoms with Crippen LogP contribution in [0.3, 0.4) is 0 Å². The van der Waals surface area contributed by atoms with Crippen LogP contribution >= 0.6 is 0 Å². The second-order valence-corrected chi connectivity index (χ2v) is 4.95. The zero-order valence-corrected chi connectivity index (χ0v) is 12.7. The normalized spacial score (nSPS) is 10.0. The zero-order chi connectivity index (χ0) is 16.8. The molecule has 0 saturated heterocycles. The highest BCUT2D eigenvalue weighted by Crippen LogP contribution is 2.25. The van der Waals surface area contributed by atoms with Crippen LogP contribution in [0.4, 0.5) is 0 Å². The number of benzene rings is 3. The van der Waals surface area contributed by atoms with E-state index in [1.165, 1.54) is 0 Å². The fourth-order valence-corrected chi connectivity index (χ4v) is 2.11.